The number of guanidine groups is 1. The summed E-state index contributed by atoms with van der Waals surface area (Å²) in [5.74, 6) is 2.59. The monoisotopic (exact) mass is 526 g/mol. The molecule has 2 aromatic carbocycles. The molecule has 1 unspecified atom stereocenters. The molecule has 0 spiro atoms. The third kappa shape index (κ3) is 8.02. The van der Waals surface area contributed by atoms with Crippen LogP contribution in [0.25, 0.3) is 0 Å². The summed E-state index contributed by atoms with van der Waals surface area (Å²) in [5.41, 5.74) is 2.40. The van der Waals surface area contributed by atoms with Gasteiger partial charge in [-0.2, -0.15) is 0 Å². The second-order valence-corrected chi connectivity index (χ2v) is 6.97. The van der Waals surface area contributed by atoms with E-state index in [4.69, 9.17) is 14.5 Å². The standard InChI is InChI=1S/C23H34N4O2.HI/c1-6-24-23(25-16-15-18-11-13-19(28-4)14-12-18)26-17-21(27(2)3)20-9-7-8-10-22(20)29-5;/h7-14,21H,6,15-17H2,1-5H3,(H2,24,25,26);1H. The van der Waals surface area contributed by atoms with E-state index in [1.807, 2.05) is 30.3 Å². The Bertz CT molecular complexity index is 766. The molecule has 6 nitrogen and oxygen atoms in total. The number of halogens is 1. The number of hydrogen-bond donors (Lipinski definition) is 2. The summed E-state index contributed by atoms with van der Waals surface area (Å²) in [6.45, 7) is 4.32. The summed E-state index contributed by atoms with van der Waals surface area (Å²) in [5, 5.41) is 6.76. The van der Waals surface area contributed by atoms with E-state index in [2.05, 4.69) is 54.8 Å². The summed E-state index contributed by atoms with van der Waals surface area (Å²) in [7, 11) is 7.52. The van der Waals surface area contributed by atoms with Crippen molar-refractivity contribution in [2.75, 3.05) is 47.9 Å². The lowest BCUT2D eigenvalue weighted by molar-refractivity contribution is 0.295. The molecule has 7 heteroatoms. The van der Waals surface area contributed by atoms with E-state index < -0.39 is 0 Å². The number of hydrogen-bond acceptors (Lipinski definition) is 4. The van der Waals surface area contributed by atoms with Crippen molar-refractivity contribution >= 4 is 29.9 Å². The predicted molar refractivity (Wildman–Crippen MR) is 136 cm³/mol. The first-order chi connectivity index (χ1) is 14.1. The molecule has 166 valence electrons. The number of para-hydroxylation sites is 1. The highest BCUT2D eigenvalue weighted by Gasteiger charge is 2.18. The molecule has 0 aliphatic heterocycles. The Balaban J connectivity index is 0.00000450. The van der Waals surface area contributed by atoms with Gasteiger partial charge in [-0.3, -0.25) is 4.99 Å². The van der Waals surface area contributed by atoms with Gasteiger partial charge in [0.15, 0.2) is 5.96 Å². The van der Waals surface area contributed by atoms with Gasteiger partial charge in [-0.25, -0.2) is 0 Å². The zero-order valence-electron chi connectivity index (χ0n) is 18.6. The molecule has 0 saturated heterocycles. The molecule has 0 fully saturated rings. The van der Waals surface area contributed by atoms with Gasteiger partial charge in [-0.05, 0) is 51.2 Å². The smallest absolute Gasteiger partial charge is 0.191 e. The number of methoxy groups -OCH3 is 2. The van der Waals surface area contributed by atoms with Crippen LogP contribution in [0.2, 0.25) is 0 Å². The van der Waals surface area contributed by atoms with Crippen LogP contribution in [0.5, 0.6) is 11.5 Å². The third-order valence-electron chi connectivity index (χ3n) is 4.75. The molecule has 0 aliphatic rings. The zero-order valence-corrected chi connectivity index (χ0v) is 21.0. The maximum Gasteiger partial charge on any atom is 0.191 e. The third-order valence-corrected chi connectivity index (χ3v) is 4.75. The first-order valence-electron chi connectivity index (χ1n) is 10.0. The van der Waals surface area contributed by atoms with Crippen molar-refractivity contribution in [2.24, 2.45) is 4.99 Å². The van der Waals surface area contributed by atoms with Crippen LogP contribution in [0.15, 0.2) is 53.5 Å². The largest absolute Gasteiger partial charge is 0.497 e. The van der Waals surface area contributed by atoms with E-state index in [1.54, 1.807) is 14.2 Å². The van der Waals surface area contributed by atoms with Gasteiger partial charge in [-0.1, -0.05) is 30.3 Å². The minimum atomic E-state index is 0. The van der Waals surface area contributed by atoms with E-state index in [0.717, 1.165) is 42.5 Å². The highest BCUT2D eigenvalue weighted by Crippen LogP contribution is 2.28. The van der Waals surface area contributed by atoms with Gasteiger partial charge >= 0.3 is 0 Å². The van der Waals surface area contributed by atoms with Crippen molar-refractivity contribution < 1.29 is 9.47 Å². The van der Waals surface area contributed by atoms with Gasteiger partial charge in [0.25, 0.3) is 0 Å². The van der Waals surface area contributed by atoms with Crippen molar-refractivity contribution in [1.82, 2.24) is 15.5 Å². The van der Waals surface area contributed by atoms with Crippen LogP contribution in [0.4, 0.5) is 0 Å². The summed E-state index contributed by atoms with van der Waals surface area (Å²) < 4.78 is 10.8. The fraction of sp³-hybridized carbons (Fsp3) is 0.435. The maximum atomic E-state index is 5.55. The van der Waals surface area contributed by atoms with Crippen LogP contribution in [-0.4, -0.2) is 58.8 Å². The maximum absolute atomic E-state index is 5.55. The number of nitrogens with one attached hydrogen (secondary N) is 2. The van der Waals surface area contributed by atoms with E-state index in [-0.39, 0.29) is 30.0 Å². The molecule has 2 N–H and O–H groups in total. The normalized spacial score (nSPS) is 12.1. The number of benzene rings is 2. The van der Waals surface area contributed by atoms with Gasteiger partial charge < -0.3 is 25.0 Å². The summed E-state index contributed by atoms with van der Waals surface area (Å²) in [6.07, 6.45) is 0.915. The Kier molecular flexibility index (Phi) is 12.2. The SMILES string of the molecule is CCNC(=NCC(c1ccccc1OC)N(C)C)NCCc1ccc(OC)cc1.I. The first kappa shape index (κ1) is 26.0. The molecule has 2 aromatic rings. The quantitative estimate of drug-likeness (QED) is 0.281. The molecular formula is C23H35IN4O2. The van der Waals surface area contributed by atoms with Crippen LogP contribution >= 0.6 is 24.0 Å². The zero-order chi connectivity index (χ0) is 21.1. The number of rotatable bonds is 10. The Morgan fingerprint density at radius 2 is 1.70 bits per heavy atom. The highest BCUT2D eigenvalue weighted by molar-refractivity contribution is 14.0. The van der Waals surface area contributed by atoms with Crippen molar-refractivity contribution in [1.29, 1.82) is 0 Å². The molecule has 2 rings (SSSR count). The van der Waals surface area contributed by atoms with Crippen LogP contribution in [0.3, 0.4) is 0 Å². The first-order valence-corrected chi connectivity index (χ1v) is 10.0. The van der Waals surface area contributed by atoms with Gasteiger partial charge in [0.05, 0.1) is 26.8 Å². The van der Waals surface area contributed by atoms with E-state index in [9.17, 15) is 0 Å². The van der Waals surface area contributed by atoms with Gasteiger partial charge in [0, 0.05) is 18.7 Å². The van der Waals surface area contributed by atoms with Crippen molar-refractivity contribution in [3.05, 3.63) is 59.7 Å². The van der Waals surface area contributed by atoms with Crippen molar-refractivity contribution in [2.45, 2.75) is 19.4 Å². The highest BCUT2D eigenvalue weighted by atomic mass is 127. The Labute approximate surface area is 198 Å². The number of likely N-dealkylation sites (N-methyl/N-ethyl adjacent to an activating group) is 1. The fourth-order valence-corrected chi connectivity index (χ4v) is 3.12. The summed E-state index contributed by atoms with van der Waals surface area (Å²) in [6, 6.07) is 16.4. The van der Waals surface area contributed by atoms with Crippen LogP contribution in [0.1, 0.15) is 24.1 Å². The van der Waals surface area contributed by atoms with Crippen LogP contribution in [0, 0.1) is 0 Å². The molecule has 0 saturated carbocycles. The van der Waals surface area contributed by atoms with Crippen LogP contribution in [-0.2, 0) is 6.42 Å². The topological polar surface area (TPSA) is 58.1 Å². The average molecular weight is 526 g/mol. The number of nitrogens with zero attached hydrogens (tertiary/aromatic N) is 2. The molecule has 0 radical (unpaired) electrons. The van der Waals surface area contributed by atoms with Crippen LogP contribution < -0.4 is 20.1 Å². The summed E-state index contributed by atoms with van der Waals surface area (Å²) in [4.78, 5) is 6.99. The van der Waals surface area contributed by atoms with Gasteiger partial charge in [-0.15, -0.1) is 24.0 Å². The fourth-order valence-electron chi connectivity index (χ4n) is 3.12. The molecule has 30 heavy (non-hydrogen) atoms. The molecular weight excluding hydrogens is 491 g/mol. The number of aliphatic imine (C=N–C) groups is 1. The Morgan fingerprint density at radius 1 is 1.00 bits per heavy atom. The second kappa shape index (κ2) is 14.1. The molecule has 0 aliphatic carbocycles. The Hall–Kier alpha value is -2.00. The van der Waals surface area contributed by atoms with E-state index >= 15 is 0 Å². The molecule has 0 bridgehead atoms. The predicted octanol–water partition coefficient (Wildman–Crippen LogP) is 3.72. The average Bonchev–Trinajstić information content (AvgIpc) is 2.74. The van der Waals surface area contributed by atoms with Crippen molar-refractivity contribution in [3.8, 4) is 11.5 Å². The second-order valence-electron chi connectivity index (χ2n) is 6.97. The van der Waals surface area contributed by atoms with Gasteiger partial charge in [0.1, 0.15) is 11.5 Å². The molecule has 0 aromatic heterocycles. The van der Waals surface area contributed by atoms with Gasteiger partial charge in [0.2, 0.25) is 0 Å². The summed E-state index contributed by atoms with van der Waals surface area (Å²) >= 11 is 0. The van der Waals surface area contributed by atoms with E-state index in [1.165, 1.54) is 5.56 Å². The Morgan fingerprint density at radius 3 is 2.30 bits per heavy atom. The minimum absolute atomic E-state index is 0. The molecule has 0 heterocycles. The lowest BCUT2D eigenvalue weighted by Crippen LogP contribution is -2.39. The van der Waals surface area contributed by atoms with Crippen molar-refractivity contribution in [3.63, 3.8) is 0 Å². The van der Waals surface area contributed by atoms with E-state index in [0.29, 0.717) is 6.54 Å². The minimum Gasteiger partial charge on any atom is -0.497 e. The lowest BCUT2D eigenvalue weighted by Gasteiger charge is -2.25. The molecule has 0 amide bonds. The lowest BCUT2D eigenvalue weighted by atomic mass is 10.0. The number of ether oxygens (including phenoxy) is 2. The molecule has 1 atom stereocenters.